The number of amides is 1. The van der Waals surface area contributed by atoms with Crippen molar-refractivity contribution in [3.63, 3.8) is 0 Å². The van der Waals surface area contributed by atoms with E-state index in [0.717, 1.165) is 22.6 Å². The lowest BCUT2D eigenvalue weighted by molar-refractivity contribution is 0.0660. The fraction of sp³-hybridized carbons (Fsp3) is 0.371. The number of carboxylic acids is 1. The largest absolute Gasteiger partial charge is 0.493 e. The number of carboxylic acid groups (broad SMARTS) is 1. The molecule has 2 heterocycles. The molecule has 242 valence electrons. The minimum absolute atomic E-state index is 0.0648. The van der Waals surface area contributed by atoms with Crippen LogP contribution in [0.15, 0.2) is 69.5 Å². The Balaban J connectivity index is 0.000000248. The fourth-order valence-electron chi connectivity index (χ4n) is 4.06. The van der Waals surface area contributed by atoms with E-state index in [1.807, 2.05) is 44.2 Å². The topological polar surface area (TPSA) is 111 Å². The van der Waals surface area contributed by atoms with Crippen molar-refractivity contribution in [1.29, 1.82) is 0 Å². The summed E-state index contributed by atoms with van der Waals surface area (Å²) in [7, 11) is 0. The highest BCUT2D eigenvalue weighted by molar-refractivity contribution is 6.31. The minimum atomic E-state index is -1.08. The number of nitrogens with one attached hydrogen (secondary N) is 1. The van der Waals surface area contributed by atoms with Crippen molar-refractivity contribution >= 4 is 35.1 Å². The summed E-state index contributed by atoms with van der Waals surface area (Å²) in [5, 5.41) is 12.9. The van der Waals surface area contributed by atoms with Crippen molar-refractivity contribution < 1.29 is 33.0 Å². The van der Waals surface area contributed by atoms with E-state index in [9.17, 15) is 9.59 Å². The van der Waals surface area contributed by atoms with Gasteiger partial charge in [-0.25, -0.2) is 4.79 Å². The van der Waals surface area contributed by atoms with Gasteiger partial charge >= 0.3 is 5.97 Å². The molecule has 0 radical (unpaired) electrons. The third kappa shape index (κ3) is 11.9. The van der Waals surface area contributed by atoms with Gasteiger partial charge in [0.1, 0.15) is 23.0 Å². The van der Waals surface area contributed by atoms with E-state index < -0.39 is 5.97 Å². The standard InChI is InChI=1S/C19H24ClNO3.C16H17ClO4/c1-12(2)11-23-17-7-5-15(20)9-14(17)10-16-6-8-18(24-16)19(22)21-13(3)4;1-10(2)9-20-14-5-3-12(17)7-11(14)8-13-4-6-15(21-13)16(18)19/h5-9,12-13H,10-11H2,1-4H3,(H,21,22);3-7,10H,8-9H2,1-2H3,(H,18,19). The number of ether oxygens (including phenoxy) is 2. The van der Waals surface area contributed by atoms with Crippen molar-refractivity contribution in [2.75, 3.05) is 13.2 Å². The predicted octanol–water partition coefficient (Wildman–Crippen LogP) is 8.95. The Kier molecular flexibility index (Phi) is 13.4. The van der Waals surface area contributed by atoms with Gasteiger partial charge in [0.15, 0.2) is 5.76 Å². The van der Waals surface area contributed by atoms with E-state index in [4.69, 9.17) is 46.6 Å². The average Bonchev–Trinajstić information content (AvgIpc) is 3.62. The third-order valence-electron chi connectivity index (χ3n) is 6.10. The second-order valence-corrected chi connectivity index (χ2v) is 12.6. The lowest BCUT2D eigenvalue weighted by Crippen LogP contribution is -2.29. The van der Waals surface area contributed by atoms with Gasteiger partial charge in [-0.05, 0) is 86.3 Å². The van der Waals surface area contributed by atoms with Crippen LogP contribution in [0.5, 0.6) is 11.5 Å². The van der Waals surface area contributed by atoms with E-state index in [1.54, 1.807) is 24.3 Å². The van der Waals surface area contributed by atoms with Crippen LogP contribution >= 0.6 is 23.2 Å². The molecule has 0 saturated carbocycles. The molecule has 1 amide bonds. The second-order valence-electron chi connectivity index (χ2n) is 11.7. The molecule has 0 fully saturated rings. The van der Waals surface area contributed by atoms with Gasteiger partial charge < -0.3 is 28.7 Å². The Morgan fingerprint density at radius 3 is 1.56 bits per heavy atom. The van der Waals surface area contributed by atoms with Crippen LogP contribution in [0, 0.1) is 11.8 Å². The van der Waals surface area contributed by atoms with Gasteiger partial charge in [0.2, 0.25) is 5.76 Å². The molecule has 2 aromatic heterocycles. The summed E-state index contributed by atoms with van der Waals surface area (Å²) >= 11 is 12.1. The minimum Gasteiger partial charge on any atom is -0.493 e. The van der Waals surface area contributed by atoms with Gasteiger partial charge in [-0.1, -0.05) is 50.9 Å². The Bertz CT molecular complexity index is 1560. The molecule has 0 saturated heterocycles. The van der Waals surface area contributed by atoms with Gasteiger partial charge in [0.25, 0.3) is 5.91 Å². The molecular weight excluding hydrogens is 617 g/mol. The third-order valence-corrected chi connectivity index (χ3v) is 6.57. The first-order valence-electron chi connectivity index (χ1n) is 14.8. The molecule has 0 aliphatic carbocycles. The Morgan fingerprint density at radius 1 is 0.711 bits per heavy atom. The molecule has 0 bridgehead atoms. The van der Waals surface area contributed by atoms with Crippen molar-refractivity contribution in [2.24, 2.45) is 11.8 Å². The first kappa shape index (κ1) is 35.6. The number of benzene rings is 2. The fourth-order valence-corrected chi connectivity index (χ4v) is 4.45. The molecular formula is C35H41Cl2NO7. The zero-order chi connectivity index (χ0) is 33.1. The van der Waals surface area contributed by atoms with Crippen LogP contribution in [0.25, 0.3) is 0 Å². The number of hydrogen-bond acceptors (Lipinski definition) is 6. The number of furan rings is 2. The number of aromatic carboxylic acids is 1. The van der Waals surface area contributed by atoms with Gasteiger partial charge in [-0.15, -0.1) is 0 Å². The van der Waals surface area contributed by atoms with Crippen molar-refractivity contribution in [3.05, 3.63) is 105 Å². The molecule has 10 heteroatoms. The van der Waals surface area contributed by atoms with Gasteiger partial charge in [-0.3, -0.25) is 4.79 Å². The number of halogens is 2. The molecule has 0 unspecified atom stereocenters. The number of carbonyl (C=O) groups is 2. The zero-order valence-corrected chi connectivity index (χ0v) is 28.0. The van der Waals surface area contributed by atoms with Crippen LogP contribution in [0.3, 0.4) is 0 Å². The summed E-state index contributed by atoms with van der Waals surface area (Å²) in [5.74, 6) is 2.58. The van der Waals surface area contributed by atoms with E-state index in [2.05, 4.69) is 33.0 Å². The number of hydrogen-bond donors (Lipinski definition) is 2. The lowest BCUT2D eigenvalue weighted by atomic mass is 10.1. The monoisotopic (exact) mass is 657 g/mol. The number of rotatable bonds is 13. The highest BCUT2D eigenvalue weighted by atomic mass is 35.5. The number of carbonyl (C=O) groups excluding carboxylic acids is 1. The Hall–Kier alpha value is -3.88. The maximum atomic E-state index is 12.0. The van der Waals surface area contributed by atoms with E-state index in [-0.39, 0.29) is 17.7 Å². The van der Waals surface area contributed by atoms with Crippen molar-refractivity contribution in [2.45, 2.75) is 60.4 Å². The SMILES string of the molecule is CC(C)COc1ccc(Cl)cc1Cc1ccc(C(=O)NC(C)C)o1.CC(C)COc1ccc(Cl)cc1Cc1ccc(C(=O)O)o1. The van der Waals surface area contributed by atoms with Crippen molar-refractivity contribution in [3.8, 4) is 11.5 Å². The molecule has 0 spiro atoms. The molecule has 0 aliphatic rings. The van der Waals surface area contributed by atoms with Crippen LogP contribution in [0.1, 0.15) is 85.3 Å². The molecule has 2 N–H and O–H groups in total. The summed E-state index contributed by atoms with van der Waals surface area (Å²) in [6, 6.07) is 17.6. The average molecular weight is 659 g/mol. The second kappa shape index (κ2) is 17.0. The van der Waals surface area contributed by atoms with Crippen LogP contribution in [0.2, 0.25) is 10.0 Å². The Labute approximate surface area is 274 Å². The van der Waals surface area contributed by atoms with E-state index in [0.29, 0.717) is 65.2 Å². The zero-order valence-electron chi connectivity index (χ0n) is 26.5. The first-order chi connectivity index (χ1) is 21.3. The van der Waals surface area contributed by atoms with Crippen LogP contribution in [-0.2, 0) is 12.8 Å². The smallest absolute Gasteiger partial charge is 0.371 e. The Morgan fingerprint density at radius 2 is 1.16 bits per heavy atom. The van der Waals surface area contributed by atoms with Crippen LogP contribution in [-0.4, -0.2) is 36.2 Å². The molecule has 4 aromatic rings. The normalized spacial score (nSPS) is 11.0. The van der Waals surface area contributed by atoms with E-state index in [1.165, 1.54) is 6.07 Å². The molecule has 0 atom stereocenters. The molecule has 4 rings (SSSR count). The molecule has 8 nitrogen and oxygen atoms in total. The summed E-state index contributed by atoms with van der Waals surface area (Å²) in [6.45, 7) is 13.4. The van der Waals surface area contributed by atoms with Crippen LogP contribution < -0.4 is 14.8 Å². The highest BCUT2D eigenvalue weighted by Crippen LogP contribution is 2.28. The van der Waals surface area contributed by atoms with Gasteiger partial charge in [0.05, 0.1) is 13.2 Å². The van der Waals surface area contributed by atoms with Crippen molar-refractivity contribution in [1.82, 2.24) is 5.32 Å². The molecule has 45 heavy (non-hydrogen) atoms. The summed E-state index contributed by atoms with van der Waals surface area (Å²) in [5.41, 5.74) is 1.81. The summed E-state index contributed by atoms with van der Waals surface area (Å²) in [4.78, 5) is 22.8. The van der Waals surface area contributed by atoms with Crippen LogP contribution in [0.4, 0.5) is 0 Å². The summed E-state index contributed by atoms with van der Waals surface area (Å²) < 4.78 is 22.5. The first-order valence-corrected chi connectivity index (χ1v) is 15.6. The molecule has 0 aliphatic heterocycles. The lowest BCUT2D eigenvalue weighted by Gasteiger charge is -2.13. The van der Waals surface area contributed by atoms with E-state index >= 15 is 0 Å². The maximum absolute atomic E-state index is 12.0. The highest BCUT2D eigenvalue weighted by Gasteiger charge is 2.15. The predicted molar refractivity (Wildman–Crippen MR) is 176 cm³/mol. The maximum Gasteiger partial charge on any atom is 0.371 e. The summed E-state index contributed by atoms with van der Waals surface area (Å²) in [6.07, 6.45) is 0.949. The molecule has 2 aromatic carbocycles. The van der Waals surface area contributed by atoms with Gasteiger partial charge in [-0.2, -0.15) is 0 Å². The quantitative estimate of drug-likeness (QED) is 0.148. The van der Waals surface area contributed by atoms with Gasteiger partial charge in [0, 0.05) is 40.1 Å².